The van der Waals surface area contributed by atoms with Crippen molar-refractivity contribution in [3.63, 3.8) is 0 Å². The quantitative estimate of drug-likeness (QED) is 0.740. The number of nitrogens with one attached hydrogen (secondary N) is 2. The Labute approximate surface area is 119 Å². The summed E-state index contributed by atoms with van der Waals surface area (Å²) in [6, 6.07) is 6.74. The predicted octanol–water partition coefficient (Wildman–Crippen LogP) is 1.75. The van der Waals surface area contributed by atoms with Crippen molar-refractivity contribution >= 4 is 17.5 Å². The topological polar surface area (TPSA) is 84.2 Å². The van der Waals surface area contributed by atoms with E-state index in [-0.39, 0.29) is 24.3 Å². The molecule has 0 aliphatic heterocycles. The third-order valence-electron chi connectivity index (χ3n) is 2.62. The molecule has 2 amide bonds. The van der Waals surface area contributed by atoms with Crippen molar-refractivity contribution in [1.29, 1.82) is 0 Å². The van der Waals surface area contributed by atoms with Gasteiger partial charge in [0.25, 0.3) is 5.91 Å². The summed E-state index contributed by atoms with van der Waals surface area (Å²) in [5.74, 6) is -0.00157. The van der Waals surface area contributed by atoms with E-state index in [2.05, 4.69) is 10.6 Å². The molecule has 0 aromatic heterocycles. The van der Waals surface area contributed by atoms with Crippen LogP contribution in [0.15, 0.2) is 24.3 Å². The van der Waals surface area contributed by atoms with Gasteiger partial charge in [-0.3, -0.25) is 9.59 Å². The van der Waals surface area contributed by atoms with Crippen LogP contribution in [-0.2, 0) is 4.79 Å². The molecule has 1 atom stereocenters. The molecule has 0 aliphatic rings. The number of nitrogens with two attached hydrogens (primary N) is 1. The summed E-state index contributed by atoms with van der Waals surface area (Å²) in [5, 5.41) is 5.57. The van der Waals surface area contributed by atoms with E-state index >= 15 is 0 Å². The third kappa shape index (κ3) is 5.40. The molecule has 110 valence electrons. The number of carbonyl (C=O) groups is 2. The third-order valence-corrected chi connectivity index (χ3v) is 2.62. The van der Waals surface area contributed by atoms with Crippen LogP contribution >= 0.6 is 0 Å². The van der Waals surface area contributed by atoms with Crippen molar-refractivity contribution in [1.82, 2.24) is 5.32 Å². The van der Waals surface area contributed by atoms with Crippen molar-refractivity contribution in [3.05, 3.63) is 29.8 Å². The highest BCUT2D eigenvalue weighted by Crippen LogP contribution is 2.15. The van der Waals surface area contributed by atoms with Gasteiger partial charge in [-0.1, -0.05) is 26.0 Å². The van der Waals surface area contributed by atoms with Gasteiger partial charge in [0.2, 0.25) is 5.91 Å². The summed E-state index contributed by atoms with van der Waals surface area (Å²) in [6.45, 7) is 6.41. The summed E-state index contributed by atoms with van der Waals surface area (Å²) in [6.07, 6.45) is 0.224. The number of para-hydroxylation sites is 1. The largest absolute Gasteiger partial charge is 0.352 e. The summed E-state index contributed by atoms with van der Waals surface area (Å²) in [5.41, 5.74) is 6.56. The van der Waals surface area contributed by atoms with Crippen molar-refractivity contribution in [2.24, 2.45) is 11.7 Å². The van der Waals surface area contributed by atoms with Gasteiger partial charge in [0.05, 0.1) is 11.3 Å². The second kappa shape index (κ2) is 7.65. The molecule has 0 bridgehead atoms. The molecule has 20 heavy (non-hydrogen) atoms. The van der Waals surface area contributed by atoms with Gasteiger partial charge in [0, 0.05) is 19.0 Å². The standard InChI is InChI=1S/C15H23N3O2/c1-10(2)9-17-15(20)12-6-4-5-7-13(12)18-14(19)8-11(3)16/h4-7,10-11H,8-9,16H2,1-3H3,(H,17,20)(H,18,19). The number of hydrogen-bond acceptors (Lipinski definition) is 3. The van der Waals surface area contributed by atoms with Crippen LogP contribution in [0.3, 0.4) is 0 Å². The van der Waals surface area contributed by atoms with Crippen LogP contribution in [-0.4, -0.2) is 24.4 Å². The first-order valence-electron chi connectivity index (χ1n) is 6.82. The van der Waals surface area contributed by atoms with Gasteiger partial charge in [0.1, 0.15) is 0 Å². The van der Waals surface area contributed by atoms with Gasteiger partial charge >= 0.3 is 0 Å². The van der Waals surface area contributed by atoms with Crippen LogP contribution < -0.4 is 16.4 Å². The van der Waals surface area contributed by atoms with Crippen LogP contribution in [0.4, 0.5) is 5.69 Å². The average molecular weight is 277 g/mol. The van der Waals surface area contributed by atoms with E-state index in [4.69, 9.17) is 5.73 Å². The fraction of sp³-hybridized carbons (Fsp3) is 0.467. The summed E-state index contributed by atoms with van der Waals surface area (Å²) < 4.78 is 0. The van der Waals surface area contributed by atoms with Crippen LogP contribution in [0.2, 0.25) is 0 Å². The summed E-state index contributed by atoms with van der Waals surface area (Å²) in [4.78, 5) is 23.8. The summed E-state index contributed by atoms with van der Waals surface area (Å²) >= 11 is 0. The molecular formula is C15H23N3O2. The smallest absolute Gasteiger partial charge is 0.253 e. The first-order chi connectivity index (χ1) is 9.40. The highest BCUT2D eigenvalue weighted by molar-refractivity contribution is 6.03. The van der Waals surface area contributed by atoms with Crippen LogP contribution in [0.5, 0.6) is 0 Å². The molecule has 0 spiro atoms. The minimum Gasteiger partial charge on any atom is -0.352 e. The maximum Gasteiger partial charge on any atom is 0.253 e. The minimum absolute atomic E-state index is 0.185. The lowest BCUT2D eigenvalue weighted by Gasteiger charge is -2.13. The normalized spacial score (nSPS) is 12.1. The Kier molecular flexibility index (Phi) is 6.18. The minimum atomic E-state index is -0.211. The maximum atomic E-state index is 12.1. The first-order valence-corrected chi connectivity index (χ1v) is 6.82. The second-order valence-corrected chi connectivity index (χ2v) is 5.38. The molecule has 1 unspecified atom stereocenters. The Morgan fingerprint density at radius 3 is 2.45 bits per heavy atom. The van der Waals surface area contributed by atoms with E-state index in [1.165, 1.54) is 0 Å². The number of anilines is 1. The van der Waals surface area contributed by atoms with Crippen molar-refractivity contribution in [2.75, 3.05) is 11.9 Å². The van der Waals surface area contributed by atoms with Crippen LogP contribution in [0.1, 0.15) is 37.6 Å². The Morgan fingerprint density at radius 2 is 1.85 bits per heavy atom. The molecule has 0 radical (unpaired) electrons. The number of amides is 2. The lowest BCUT2D eigenvalue weighted by Crippen LogP contribution is -2.29. The number of rotatable bonds is 6. The molecule has 0 aliphatic carbocycles. The molecule has 0 fully saturated rings. The van der Waals surface area contributed by atoms with Crippen LogP contribution in [0.25, 0.3) is 0 Å². The van der Waals surface area contributed by atoms with Crippen molar-refractivity contribution < 1.29 is 9.59 Å². The monoisotopic (exact) mass is 277 g/mol. The molecule has 5 nitrogen and oxygen atoms in total. The Bertz CT molecular complexity index is 470. The Hall–Kier alpha value is -1.88. The van der Waals surface area contributed by atoms with E-state index in [1.807, 2.05) is 13.8 Å². The number of benzene rings is 1. The van der Waals surface area contributed by atoms with Gasteiger partial charge in [-0.15, -0.1) is 0 Å². The second-order valence-electron chi connectivity index (χ2n) is 5.38. The SMILES string of the molecule is CC(C)CNC(=O)c1ccccc1NC(=O)CC(C)N. The molecule has 0 saturated heterocycles. The molecule has 0 saturated carbocycles. The Morgan fingerprint density at radius 1 is 1.20 bits per heavy atom. The highest BCUT2D eigenvalue weighted by atomic mass is 16.2. The fourth-order valence-electron chi connectivity index (χ4n) is 1.68. The van der Waals surface area contributed by atoms with E-state index < -0.39 is 0 Å². The number of carbonyl (C=O) groups excluding carboxylic acids is 2. The van der Waals surface area contributed by atoms with Gasteiger partial charge in [-0.2, -0.15) is 0 Å². The van der Waals surface area contributed by atoms with Crippen LogP contribution in [0, 0.1) is 5.92 Å². The molecule has 0 heterocycles. The van der Waals surface area contributed by atoms with E-state index in [9.17, 15) is 9.59 Å². The van der Waals surface area contributed by atoms with Gasteiger partial charge in [-0.25, -0.2) is 0 Å². The molecule has 5 heteroatoms. The highest BCUT2D eigenvalue weighted by Gasteiger charge is 2.13. The predicted molar refractivity (Wildman–Crippen MR) is 80.5 cm³/mol. The average Bonchev–Trinajstić information content (AvgIpc) is 2.35. The maximum absolute atomic E-state index is 12.1. The zero-order valence-electron chi connectivity index (χ0n) is 12.3. The fourth-order valence-corrected chi connectivity index (χ4v) is 1.68. The lowest BCUT2D eigenvalue weighted by atomic mass is 10.1. The Balaban J connectivity index is 2.77. The van der Waals surface area contributed by atoms with Crippen molar-refractivity contribution in [2.45, 2.75) is 33.2 Å². The number of hydrogen-bond donors (Lipinski definition) is 3. The lowest BCUT2D eigenvalue weighted by molar-refractivity contribution is -0.116. The first kappa shape index (κ1) is 16.2. The molecule has 4 N–H and O–H groups in total. The molecule has 1 aromatic carbocycles. The van der Waals surface area contributed by atoms with E-state index in [1.54, 1.807) is 31.2 Å². The van der Waals surface area contributed by atoms with Gasteiger partial charge < -0.3 is 16.4 Å². The summed E-state index contributed by atoms with van der Waals surface area (Å²) in [7, 11) is 0. The van der Waals surface area contributed by atoms with Crippen molar-refractivity contribution in [3.8, 4) is 0 Å². The van der Waals surface area contributed by atoms with E-state index in [0.29, 0.717) is 23.7 Å². The molecule has 1 aromatic rings. The van der Waals surface area contributed by atoms with Gasteiger partial charge in [-0.05, 0) is 25.0 Å². The zero-order chi connectivity index (χ0) is 15.1. The molecular weight excluding hydrogens is 254 g/mol. The van der Waals surface area contributed by atoms with Gasteiger partial charge in [0.15, 0.2) is 0 Å². The van der Waals surface area contributed by atoms with E-state index in [0.717, 1.165) is 0 Å². The zero-order valence-corrected chi connectivity index (χ0v) is 12.3. The molecule has 1 rings (SSSR count).